The molecule has 0 saturated carbocycles. The highest BCUT2D eigenvalue weighted by molar-refractivity contribution is 9.09. The number of benzene rings is 1. The van der Waals surface area contributed by atoms with Crippen LogP contribution in [0.15, 0.2) is 54.1 Å². The fourth-order valence-electron chi connectivity index (χ4n) is 1.50. The normalized spacial score (nSPS) is 13.2. The van der Waals surface area contributed by atoms with Gasteiger partial charge in [0, 0.05) is 4.83 Å². The summed E-state index contributed by atoms with van der Waals surface area (Å²) in [6.07, 6.45) is 4.30. The Bertz CT molecular complexity index is 395. The van der Waals surface area contributed by atoms with Gasteiger partial charge in [0.2, 0.25) is 0 Å². The number of allylic oxidation sites excluding steroid dienone is 2. The lowest BCUT2D eigenvalue weighted by Crippen LogP contribution is -1.99. The summed E-state index contributed by atoms with van der Waals surface area (Å²) in [7, 11) is 0. The molecule has 2 heteroatoms. The van der Waals surface area contributed by atoms with Crippen LogP contribution in [0.1, 0.15) is 26.7 Å². The molecule has 1 rings (SSSR count). The number of halogens is 1. The summed E-state index contributed by atoms with van der Waals surface area (Å²) in [5.41, 5.74) is 2.54. The maximum absolute atomic E-state index is 5.63. The van der Waals surface area contributed by atoms with E-state index in [2.05, 4.69) is 42.4 Å². The van der Waals surface area contributed by atoms with Crippen LogP contribution in [0.3, 0.4) is 0 Å². The Morgan fingerprint density at radius 1 is 1.33 bits per heavy atom. The largest absolute Gasteiger partial charge is 0.490 e. The number of rotatable bonds is 7. The summed E-state index contributed by atoms with van der Waals surface area (Å²) in [5.74, 6) is 0.918. The molecule has 0 aliphatic carbocycles. The van der Waals surface area contributed by atoms with Gasteiger partial charge < -0.3 is 4.74 Å². The molecule has 18 heavy (non-hydrogen) atoms. The Morgan fingerprint density at radius 2 is 2.00 bits per heavy atom. The minimum Gasteiger partial charge on any atom is -0.490 e. The average molecular weight is 309 g/mol. The summed E-state index contributed by atoms with van der Waals surface area (Å²) in [6.45, 7) is 8.78. The van der Waals surface area contributed by atoms with Crippen LogP contribution < -0.4 is 4.74 Å². The number of para-hydroxylation sites is 1. The zero-order chi connectivity index (χ0) is 13.4. The van der Waals surface area contributed by atoms with Gasteiger partial charge in [-0.2, -0.15) is 0 Å². The van der Waals surface area contributed by atoms with Crippen LogP contribution >= 0.6 is 15.9 Å². The van der Waals surface area contributed by atoms with E-state index in [1.54, 1.807) is 0 Å². The van der Waals surface area contributed by atoms with Crippen LogP contribution in [-0.2, 0) is 0 Å². The predicted molar refractivity (Wildman–Crippen MR) is 82.5 cm³/mol. The van der Waals surface area contributed by atoms with Gasteiger partial charge in [-0.25, -0.2) is 0 Å². The molecule has 0 spiro atoms. The van der Waals surface area contributed by atoms with E-state index >= 15 is 0 Å². The molecule has 98 valence electrons. The molecular formula is C16H21BrO. The van der Waals surface area contributed by atoms with E-state index < -0.39 is 0 Å². The van der Waals surface area contributed by atoms with E-state index in [0.717, 1.165) is 18.6 Å². The molecule has 0 aromatic heterocycles. The summed E-state index contributed by atoms with van der Waals surface area (Å²) >= 11 is 3.62. The van der Waals surface area contributed by atoms with Gasteiger partial charge in [0.05, 0.1) is 0 Å². The highest BCUT2D eigenvalue weighted by atomic mass is 79.9. The molecule has 0 saturated heterocycles. The van der Waals surface area contributed by atoms with Gasteiger partial charge in [0.1, 0.15) is 12.4 Å². The standard InChI is InChI=1S/C16H21BrO/c1-13(2)16(17)10-9-14(3)11-12-18-15-7-5-4-6-8-15/h4-8,11,16H,1,9-10,12H2,2-3H3. The minimum atomic E-state index is 0.413. The van der Waals surface area contributed by atoms with Gasteiger partial charge in [-0.1, -0.05) is 51.9 Å². The first-order valence-electron chi connectivity index (χ1n) is 6.22. The number of hydrogen-bond donors (Lipinski definition) is 0. The van der Waals surface area contributed by atoms with Crippen molar-refractivity contribution in [3.8, 4) is 5.75 Å². The van der Waals surface area contributed by atoms with Crippen molar-refractivity contribution >= 4 is 15.9 Å². The van der Waals surface area contributed by atoms with Crippen molar-refractivity contribution in [3.05, 3.63) is 54.1 Å². The van der Waals surface area contributed by atoms with Crippen LogP contribution in [0.2, 0.25) is 0 Å². The molecule has 0 amide bonds. The lowest BCUT2D eigenvalue weighted by atomic mass is 10.1. The van der Waals surface area contributed by atoms with Crippen LogP contribution in [0, 0.1) is 0 Å². The number of ether oxygens (including phenoxy) is 1. The van der Waals surface area contributed by atoms with E-state index in [9.17, 15) is 0 Å². The second-order valence-corrected chi connectivity index (χ2v) is 5.63. The second kappa shape index (κ2) is 8.15. The summed E-state index contributed by atoms with van der Waals surface area (Å²) in [4.78, 5) is 0.413. The van der Waals surface area contributed by atoms with Crippen molar-refractivity contribution < 1.29 is 4.74 Å². The molecule has 0 fully saturated rings. The summed E-state index contributed by atoms with van der Waals surface area (Å²) in [6, 6.07) is 9.89. The second-order valence-electron chi connectivity index (χ2n) is 4.53. The van der Waals surface area contributed by atoms with E-state index in [1.165, 1.54) is 11.1 Å². The Labute approximate surface area is 119 Å². The van der Waals surface area contributed by atoms with Crippen molar-refractivity contribution in [2.75, 3.05) is 6.61 Å². The van der Waals surface area contributed by atoms with Crippen LogP contribution in [-0.4, -0.2) is 11.4 Å². The molecule has 0 heterocycles. The molecule has 1 aromatic rings. The van der Waals surface area contributed by atoms with Crippen molar-refractivity contribution in [2.24, 2.45) is 0 Å². The van der Waals surface area contributed by atoms with Crippen LogP contribution in [0.25, 0.3) is 0 Å². The number of hydrogen-bond acceptors (Lipinski definition) is 1. The fourth-order valence-corrected chi connectivity index (χ4v) is 1.73. The molecule has 0 N–H and O–H groups in total. The van der Waals surface area contributed by atoms with Crippen molar-refractivity contribution in [1.82, 2.24) is 0 Å². The molecule has 1 nitrogen and oxygen atoms in total. The smallest absolute Gasteiger partial charge is 0.119 e. The van der Waals surface area contributed by atoms with Gasteiger partial charge in [-0.15, -0.1) is 0 Å². The predicted octanol–water partition coefficient (Wildman–Crippen LogP) is 5.13. The lowest BCUT2D eigenvalue weighted by molar-refractivity contribution is 0.361. The van der Waals surface area contributed by atoms with Crippen molar-refractivity contribution in [3.63, 3.8) is 0 Å². The Morgan fingerprint density at radius 3 is 2.61 bits per heavy atom. The number of alkyl halides is 1. The Balaban J connectivity index is 2.28. The van der Waals surface area contributed by atoms with Gasteiger partial charge in [-0.3, -0.25) is 0 Å². The first-order chi connectivity index (χ1) is 8.59. The summed E-state index contributed by atoms with van der Waals surface area (Å²) in [5, 5.41) is 0. The van der Waals surface area contributed by atoms with Crippen molar-refractivity contribution in [2.45, 2.75) is 31.5 Å². The van der Waals surface area contributed by atoms with Crippen LogP contribution in [0.4, 0.5) is 0 Å². The lowest BCUT2D eigenvalue weighted by Gasteiger charge is -2.09. The topological polar surface area (TPSA) is 9.23 Å². The first-order valence-corrected chi connectivity index (χ1v) is 7.14. The van der Waals surface area contributed by atoms with Crippen LogP contribution in [0.5, 0.6) is 5.75 Å². The van der Waals surface area contributed by atoms with E-state index in [1.807, 2.05) is 30.3 Å². The molecular weight excluding hydrogens is 288 g/mol. The zero-order valence-electron chi connectivity index (χ0n) is 11.2. The molecule has 0 aliphatic rings. The minimum absolute atomic E-state index is 0.413. The zero-order valence-corrected chi connectivity index (χ0v) is 12.7. The van der Waals surface area contributed by atoms with E-state index in [-0.39, 0.29) is 0 Å². The summed E-state index contributed by atoms with van der Waals surface area (Å²) < 4.78 is 5.63. The SMILES string of the molecule is C=C(C)C(Br)CCC(C)=CCOc1ccccc1. The van der Waals surface area contributed by atoms with E-state index in [0.29, 0.717) is 11.4 Å². The average Bonchev–Trinajstić information content (AvgIpc) is 2.37. The monoisotopic (exact) mass is 308 g/mol. The molecule has 0 radical (unpaired) electrons. The van der Waals surface area contributed by atoms with Gasteiger partial charge in [-0.05, 0) is 44.9 Å². The molecule has 0 aliphatic heterocycles. The van der Waals surface area contributed by atoms with Gasteiger partial charge >= 0.3 is 0 Å². The van der Waals surface area contributed by atoms with Gasteiger partial charge in [0.25, 0.3) is 0 Å². The molecule has 1 atom stereocenters. The van der Waals surface area contributed by atoms with Crippen molar-refractivity contribution in [1.29, 1.82) is 0 Å². The first kappa shape index (κ1) is 15.0. The molecule has 0 bridgehead atoms. The third kappa shape index (κ3) is 6.06. The molecule has 1 unspecified atom stereocenters. The highest BCUT2D eigenvalue weighted by Gasteiger charge is 2.04. The maximum Gasteiger partial charge on any atom is 0.119 e. The molecule has 1 aromatic carbocycles. The maximum atomic E-state index is 5.63. The van der Waals surface area contributed by atoms with E-state index in [4.69, 9.17) is 4.74 Å². The highest BCUT2D eigenvalue weighted by Crippen LogP contribution is 2.18. The third-order valence-electron chi connectivity index (χ3n) is 2.75. The Hall–Kier alpha value is -1.02. The Kier molecular flexibility index (Phi) is 6.81. The quantitative estimate of drug-likeness (QED) is 0.501. The fraction of sp³-hybridized carbons (Fsp3) is 0.375. The van der Waals surface area contributed by atoms with Gasteiger partial charge in [0.15, 0.2) is 0 Å². The third-order valence-corrected chi connectivity index (χ3v) is 3.99.